The fourth-order valence-electron chi connectivity index (χ4n) is 10.8. The molecule has 7 heteroatoms. The van der Waals surface area contributed by atoms with Crippen LogP contribution in [0.2, 0.25) is 0 Å². The van der Waals surface area contributed by atoms with Crippen molar-refractivity contribution in [1.82, 2.24) is 9.80 Å². The summed E-state index contributed by atoms with van der Waals surface area (Å²) in [5.74, 6) is 0.804. The molecule has 7 nitrogen and oxygen atoms in total. The average Bonchev–Trinajstić information content (AvgIpc) is 3.56. The minimum atomic E-state index is -0.821. The minimum absolute atomic E-state index is 0.0273. The first kappa shape index (κ1) is 27.1. The molecule has 8 atom stereocenters. The summed E-state index contributed by atoms with van der Waals surface area (Å²) < 4.78 is 5.68. The fraction of sp³-hybridized carbons (Fsp3) is 0.727. The van der Waals surface area contributed by atoms with Crippen LogP contribution in [0.25, 0.3) is 0 Å². The highest BCUT2D eigenvalue weighted by atomic mass is 16.3. The summed E-state index contributed by atoms with van der Waals surface area (Å²) in [7, 11) is 0. The Hall–Kier alpha value is -1.77. The van der Waals surface area contributed by atoms with Gasteiger partial charge >= 0.3 is 0 Å². The number of carbonyl (C=O) groups is 1. The molecule has 4 fully saturated rings. The molecule has 1 aliphatic heterocycles. The topological polar surface area (TPSA) is 97.4 Å². The van der Waals surface area contributed by atoms with E-state index in [9.17, 15) is 20.1 Å². The number of hydrogen-bond acceptors (Lipinski definition) is 7. The minimum Gasteiger partial charge on any atom is -0.461 e. The molecular formula is C33H46N2O5. The maximum atomic E-state index is 14.3. The number of carbonyl (C=O) groups excluding carboxylic acids is 1. The number of Topliss-reactive ketones (excluding diaryl/α,β-unsaturated/α-hetero) is 1. The van der Waals surface area contributed by atoms with Crippen molar-refractivity contribution in [3.05, 3.63) is 48.0 Å². The Morgan fingerprint density at radius 3 is 2.42 bits per heavy atom. The summed E-state index contributed by atoms with van der Waals surface area (Å²) in [6, 6.07) is 3.56. The van der Waals surface area contributed by atoms with E-state index in [2.05, 4.69) is 41.9 Å². The maximum Gasteiger partial charge on any atom is 0.224 e. The summed E-state index contributed by atoms with van der Waals surface area (Å²) >= 11 is 0. The van der Waals surface area contributed by atoms with Gasteiger partial charge in [0.05, 0.1) is 24.6 Å². The second kappa shape index (κ2) is 9.11. The van der Waals surface area contributed by atoms with Crippen molar-refractivity contribution in [3.8, 4) is 0 Å². The van der Waals surface area contributed by atoms with Gasteiger partial charge in [-0.15, -0.1) is 0 Å². The van der Waals surface area contributed by atoms with Gasteiger partial charge in [0.25, 0.3) is 0 Å². The van der Waals surface area contributed by atoms with Crippen molar-refractivity contribution < 1.29 is 24.5 Å². The number of nitrogens with zero attached hydrogens (tertiary/aromatic N) is 2. The highest BCUT2D eigenvalue weighted by Crippen LogP contribution is 2.78. The van der Waals surface area contributed by atoms with Crippen molar-refractivity contribution >= 4 is 5.78 Å². The SMILES string of the molecule is CC12CCC(O)CC13C=CC1(C(C(=O)c4ccco4)=C3)C2CCC2(C)C1CCC2(O)CN1CCN(CCO)CC1. The predicted octanol–water partition coefficient (Wildman–Crippen LogP) is 3.66. The van der Waals surface area contributed by atoms with E-state index >= 15 is 0 Å². The third-order valence-corrected chi connectivity index (χ3v) is 13.1. The number of hydrogen-bond donors (Lipinski definition) is 3. The zero-order valence-corrected chi connectivity index (χ0v) is 24.1. The second-order valence-corrected chi connectivity index (χ2v) is 14.5. The van der Waals surface area contributed by atoms with Gasteiger partial charge in [-0.25, -0.2) is 0 Å². The van der Waals surface area contributed by atoms with Crippen LogP contribution in [0.15, 0.2) is 46.6 Å². The number of furan rings is 1. The standard InChI is InChI=1S/C33H46N2O5/c1-29-8-5-23(37)20-31(29)11-12-33(24(21-31)28(38)25-4-3-19-40-25)26(29)6-9-30(2)27(33)7-10-32(30,39)22-35-15-13-34(14-16-35)17-18-36/h3-4,11-12,19,21,23,26-27,36-37,39H,5-10,13-18,20,22H2,1-2H3. The molecule has 3 saturated carbocycles. The molecule has 1 aromatic rings. The first-order chi connectivity index (χ1) is 19.1. The molecule has 0 aromatic carbocycles. The Balaban J connectivity index is 1.27. The zero-order valence-electron chi connectivity index (χ0n) is 24.1. The zero-order chi connectivity index (χ0) is 28.0. The third kappa shape index (κ3) is 3.45. The third-order valence-electron chi connectivity index (χ3n) is 13.1. The van der Waals surface area contributed by atoms with Crippen molar-refractivity contribution in [3.63, 3.8) is 0 Å². The molecule has 218 valence electrons. The Labute approximate surface area is 237 Å². The van der Waals surface area contributed by atoms with Gasteiger partial charge in [0.15, 0.2) is 5.76 Å². The van der Waals surface area contributed by atoms with Crippen LogP contribution >= 0.6 is 0 Å². The normalized spacial score (nSPS) is 46.5. The van der Waals surface area contributed by atoms with Crippen LogP contribution in [0.1, 0.15) is 69.3 Å². The summed E-state index contributed by atoms with van der Waals surface area (Å²) in [6.45, 7) is 9.94. The Bertz CT molecular complexity index is 1220. The number of rotatable bonds is 6. The molecule has 7 aliphatic rings. The van der Waals surface area contributed by atoms with E-state index in [4.69, 9.17) is 4.42 Å². The molecular weight excluding hydrogens is 504 g/mol. The van der Waals surface area contributed by atoms with Crippen molar-refractivity contribution in [2.75, 3.05) is 45.9 Å². The fourth-order valence-corrected chi connectivity index (χ4v) is 10.8. The molecule has 1 saturated heterocycles. The molecule has 2 spiro atoms. The lowest BCUT2D eigenvalue weighted by Crippen LogP contribution is -2.67. The van der Waals surface area contributed by atoms with Gasteiger partial charge in [-0.05, 0) is 74.3 Å². The number of β-amino-alcohol motifs (C(OH)–C–C–N with tert-alkyl or cyclic N) is 2. The predicted molar refractivity (Wildman–Crippen MR) is 152 cm³/mol. The van der Waals surface area contributed by atoms with Crippen molar-refractivity contribution in [1.29, 1.82) is 0 Å². The molecule has 8 unspecified atom stereocenters. The number of aliphatic hydroxyl groups is 3. The van der Waals surface area contributed by atoms with Crippen LogP contribution < -0.4 is 0 Å². The Kier molecular flexibility index (Phi) is 6.17. The number of fused-ring (bicyclic) bond motifs is 1. The van der Waals surface area contributed by atoms with E-state index in [1.54, 1.807) is 18.4 Å². The lowest BCUT2D eigenvalue weighted by Gasteiger charge is -2.71. The molecule has 6 aliphatic carbocycles. The highest BCUT2D eigenvalue weighted by Gasteiger charge is 2.74. The first-order valence-corrected chi connectivity index (χ1v) is 15.6. The van der Waals surface area contributed by atoms with E-state index in [-0.39, 0.29) is 40.7 Å². The summed E-state index contributed by atoms with van der Waals surface area (Å²) in [5.41, 5.74) is -1.09. The molecule has 0 radical (unpaired) electrons. The van der Waals surface area contributed by atoms with Crippen LogP contribution in [0, 0.1) is 33.5 Å². The van der Waals surface area contributed by atoms with Gasteiger partial charge in [0.2, 0.25) is 5.78 Å². The van der Waals surface area contributed by atoms with Gasteiger partial charge in [0, 0.05) is 61.1 Å². The van der Waals surface area contributed by atoms with E-state index in [0.29, 0.717) is 31.2 Å². The molecule has 0 amide bonds. The summed E-state index contributed by atoms with van der Waals surface area (Å²) in [5, 5.41) is 32.7. The summed E-state index contributed by atoms with van der Waals surface area (Å²) in [6.07, 6.45) is 14.2. The van der Waals surface area contributed by atoms with Gasteiger partial charge in [-0.1, -0.05) is 32.1 Å². The van der Waals surface area contributed by atoms with Crippen molar-refractivity contribution in [2.45, 2.75) is 70.5 Å². The van der Waals surface area contributed by atoms with Gasteiger partial charge in [-0.3, -0.25) is 14.6 Å². The molecule has 1 aromatic heterocycles. The van der Waals surface area contributed by atoms with E-state index in [1.807, 2.05) is 0 Å². The molecule has 2 heterocycles. The van der Waals surface area contributed by atoms with E-state index < -0.39 is 11.0 Å². The van der Waals surface area contributed by atoms with Crippen LogP contribution in [0.4, 0.5) is 0 Å². The molecule has 40 heavy (non-hydrogen) atoms. The van der Waals surface area contributed by atoms with Crippen LogP contribution in [-0.2, 0) is 0 Å². The number of allylic oxidation sites excluding steroid dienone is 4. The lowest BCUT2D eigenvalue weighted by molar-refractivity contribution is -0.177. The van der Waals surface area contributed by atoms with E-state index in [1.165, 1.54) is 0 Å². The number of piperazine rings is 1. The average molecular weight is 551 g/mol. The number of aliphatic hydroxyl groups excluding tert-OH is 2. The highest BCUT2D eigenvalue weighted by molar-refractivity contribution is 6.08. The molecule has 8 rings (SSSR count). The largest absolute Gasteiger partial charge is 0.461 e. The Morgan fingerprint density at radius 1 is 1.00 bits per heavy atom. The first-order valence-electron chi connectivity index (χ1n) is 15.6. The smallest absolute Gasteiger partial charge is 0.224 e. The van der Waals surface area contributed by atoms with Crippen LogP contribution in [0.3, 0.4) is 0 Å². The van der Waals surface area contributed by atoms with Crippen LogP contribution in [0.5, 0.6) is 0 Å². The quantitative estimate of drug-likeness (QED) is 0.367. The van der Waals surface area contributed by atoms with Crippen molar-refractivity contribution in [2.24, 2.45) is 33.5 Å². The van der Waals surface area contributed by atoms with E-state index in [0.717, 1.165) is 70.3 Å². The van der Waals surface area contributed by atoms with Gasteiger partial charge in [0.1, 0.15) is 0 Å². The second-order valence-electron chi connectivity index (χ2n) is 14.5. The summed E-state index contributed by atoms with van der Waals surface area (Å²) in [4.78, 5) is 19.0. The monoisotopic (exact) mass is 550 g/mol. The molecule has 3 N–H and O–H groups in total. The maximum absolute atomic E-state index is 14.3. The Morgan fingerprint density at radius 2 is 1.70 bits per heavy atom. The number of ketones is 1. The van der Waals surface area contributed by atoms with Gasteiger partial charge in [-0.2, -0.15) is 0 Å². The molecule has 2 bridgehead atoms. The van der Waals surface area contributed by atoms with Crippen LogP contribution in [-0.4, -0.2) is 88.5 Å². The lowest BCUT2D eigenvalue weighted by atomic mass is 9.32. The van der Waals surface area contributed by atoms with Gasteiger partial charge < -0.3 is 19.7 Å².